The number of aromatic hydroxyl groups is 1. The molecule has 188 valence electrons. The van der Waals surface area contributed by atoms with Gasteiger partial charge in [0.25, 0.3) is 0 Å². The van der Waals surface area contributed by atoms with Gasteiger partial charge in [-0.25, -0.2) is 4.79 Å². The molecule has 8 nitrogen and oxygen atoms in total. The third kappa shape index (κ3) is 3.86. The number of rotatable bonds is 6. The highest BCUT2D eigenvalue weighted by molar-refractivity contribution is 6.20. The molecule has 3 aromatic rings. The van der Waals surface area contributed by atoms with Crippen LogP contribution in [0.1, 0.15) is 52.8 Å². The summed E-state index contributed by atoms with van der Waals surface area (Å²) in [5.41, 5.74) is 1.02. The lowest BCUT2D eigenvalue weighted by atomic mass is 9.79. The van der Waals surface area contributed by atoms with Gasteiger partial charge in [0.2, 0.25) is 6.79 Å². The summed E-state index contributed by atoms with van der Waals surface area (Å²) >= 11 is 0. The molecule has 0 unspecified atom stereocenters. The number of carbonyl (C=O) groups is 2. The highest BCUT2D eigenvalue weighted by Gasteiger charge is 2.34. The number of ketones is 1. The smallest absolute Gasteiger partial charge is 0.339 e. The number of esters is 1. The van der Waals surface area contributed by atoms with Crippen LogP contribution < -0.4 is 18.9 Å². The molecule has 0 radical (unpaired) electrons. The minimum absolute atomic E-state index is 0.0177. The second-order valence-corrected chi connectivity index (χ2v) is 8.99. The molecule has 1 saturated carbocycles. The van der Waals surface area contributed by atoms with E-state index in [0.29, 0.717) is 57.7 Å². The third-order valence-electron chi connectivity index (χ3n) is 7.06. The van der Waals surface area contributed by atoms with Gasteiger partial charge in [0, 0.05) is 16.9 Å². The molecule has 0 saturated heterocycles. The van der Waals surface area contributed by atoms with Gasteiger partial charge in [0.15, 0.2) is 28.8 Å². The SMILES string of the molecule is COC(=O)c1c(C(=O)C2CCCCC2)c(O)c2cc3c(cc2c1-c1ccc(OC)c(OC)c1)OCO3. The minimum atomic E-state index is -0.714. The van der Waals surface area contributed by atoms with Crippen molar-refractivity contribution >= 4 is 22.5 Å². The molecule has 0 amide bonds. The zero-order chi connectivity index (χ0) is 25.4. The van der Waals surface area contributed by atoms with Gasteiger partial charge >= 0.3 is 5.97 Å². The number of ether oxygens (including phenoxy) is 5. The van der Waals surface area contributed by atoms with Crippen molar-refractivity contribution in [3.8, 4) is 39.9 Å². The van der Waals surface area contributed by atoms with Crippen LogP contribution in [0.4, 0.5) is 0 Å². The fourth-order valence-corrected chi connectivity index (χ4v) is 5.26. The topological polar surface area (TPSA) is 101 Å². The summed E-state index contributed by atoms with van der Waals surface area (Å²) < 4.78 is 27.2. The van der Waals surface area contributed by atoms with Crippen LogP contribution in [0.25, 0.3) is 21.9 Å². The first-order chi connectivity index (χ1) is 17.5. The van der Waals surface area contributed by atoms with E-state index in [4.69, 9.17) is 23.7 Å². The van der Waals surface area contributed by atoms with Crippen LogP contribution in [-0.2, 0) is 4.74 Å². The highest BCUT2D eigenvalue weighted by atomic mass is 16.7. The first-order valence-corrected chi connectivity index (χ1v) is 12.0. The number of carbonyl (C=O) groups excluding carboxylic acids is 2. The van der Waals surface area contributed by atoms with Crippen LogP contribution in [0.2, 0.25) is 0 Å². The number of hydrogen-bond acceptors (Lipinski definition) is 8. The van der Waals surface area contributed by atoms with Crippen molar-refractivity contribution in [2.45, 2.75) is 32.1 Å². The molecule has 36 heavy (non-hydrogen) atoms. The molecular formula is C28H28O8. The Morgan fingerprint density at radius 2 is 1.53 bits per heavy atom. The summed E-state index contributed by atoms with van der Waals surface area (Å²) in [6.45, 7) is 0.0375. The van der Waals surface area contributed by atoms with E-state index < -0.39 is 5.97 Å². The number of hydrogen-bond donors (Lipinski definition) is 1. The van der Waals surface area contributed by atoms with Gasteiger partial charge in [0.05, 0.1) is 32.5 Å². The van der Waals surface area contributed by atoms with Crippen molar-refractivity contribution in [1.29, 1.82) is 0 Å². The number of phenolic OH excluding ortho intramolecular Hbond substituents is 1. The molecule has 2 aliphatic rings. The van der Waals surface area contributed by atoms with Crippen molar-refractivity contribution in [3.05, 3.63) is 41.5 Å². The third-order valence-corrected chi connectivity index (χ3v) is 7.06. The van der Waals surface area contributed by atoms with Gasteiger partial charge in [-0.05, 0) is 48.1 Å². The Bertz CT molecular complexity index is 1350. The van der Waals surface area contributed by atoms with Crippen molar-refractivity contribution in [2.24, 2.45) is 5.92 Å². The van der Waals surface area contributed by atoms with E-state index in [1.807, 2.05) is 0 Å². The average molecular weight is 493 g/mol. The van der Waals surface area contributed by atoms with Crippen LogP contribution >= 0.6 is 0 Å². The largest absolute Gasteiger partial charge is 0.507 e. The quantitative estimate of drug-likeness (QED) is 0.355. The minimum Gasteiger partial charge on any atom is -0.507 e. The summed E-state index contributed by atoms with van der Waals surface area (Å²) in [6, 6.07) is 8.60. The molecule has 1 fully saturated rings. The highest BCUT2D eigenvalue weighted by Crippen LogP contribution is 2.48. The summed E-state index contributed by atoms with van der Waals surface area (Å²) in [4.78, 5) is 27.2. The van der Waals surface area contributed by atoms with E-state index in [0.717, 1.165) is 19.3 Å². The molecule has 0 atom stereocenters. The van der Waals surface area contributed by atoms with Crippen LogP contribution in [-0.4, -0.2) is 45.0 Å². The zero-order valence-electron chi connectivity index (χ0n) is 20.5. The summed E-state index contributed by atoms with van der Waals surface area (Å²) in [5, 5.41) is 12.4. The molecule has 1 aliphatic carbocycles. The van der Waals surface area contributed by atoms with Gasteiger partial charge < -0.3 is 28.8 Å². The molecule has 3 aromatic carbocycles. The molecule has 5 rings (SSSR count). The van der Waals surface area contributed by atoms with Gasteiger partial charge in [-0.1, -0.05) is 25.3 Å². The first kappa shape index (κ1) is 23.8. The van der Waals surface area contributed by atoms with Crippen molar-refractivity contribution in [1.82, 2.24) is 0 Å². The summed E-state index contributed by atoms with van der Waals surface area (Å²) in [5.74, 6) is 0.390. The fraction of sp³-hybridized carbons (Fsp3) is 0.357. The Morgan fingerprint density at radius 3 is 2.17 bits per heavy atom. The number of Topliss-reactive ketones (excluding diaryl/α,β-unsaturated/α-hetero) is 1. The molecule has 0 spiro atoms. The van der Waals surface area contributed by atoms with Crippen LogP contribution in [0.15, 0.2) is 30.3 Å². The number of phenols is 1. The van der Waals surface area contributed by atoms with Gasteiger partial charge in [-0.15, -0.1) is 0 Å². The van der Waals surface area contributed by atoms with E-state index in [9.17, 15) is 14.7 Å². The molecule has 0 aromatic heterocycles. The zero-order valence-corrected chi connectivity index (χ0v) is 20.5. The van der Waals surface area contributed by atoms with E-state index in [-0.39, 0.29) is 35.4 Å². The Morgan fingerprint density at radius 1 is 0.861 bits per heavy atom. The Hall–Kier alpha value is -3.94. The lowest BCUT2D eigenvalue weighted by Crippen LogP contribution is -2.22. The van der Waals surface area contributed by atoms with E-state index in [1.54, 1.807) is 30.3 Å². The van der Waals surface area contributed by atoms with Gasteiger partial charge in [-0.3, -0.25) is 4.79 Å². The second-order valence-electron chi connectivity index (χ2n) is 8.99. The molecular weight excluding hydrogens is 464 g/mol. The van der Waals surface area contributed by atoms with Gasteiger partial charge in [0.1, 0.15) is 5.75 Å². The number of methoxy groups -OCH3 is 3. The number of fused-ring (bicyclic) bond motifs is 2. The molecule has 1 N–H and O–H groups in total. The Balaban J connectivity index is 1.88. The van der Waals surface area contributed by atoms with Crippen LogP contribution in [0, 0.1) is 5.92 Å². The maximum Gasteiger partial charge on any atom is 0.339 e. The lowest BCUT2D eigenvalue weighted by Gasteiger charge is -2.24. The molecule has 0 bridgehead atoms. The standard InChI is InChI=1S/C28H28O8/c1-32-19-10-9-16(11-20(19)33-2)23-17-12-21-22(36-14-35-21)13-18(17)27(30)25(24(23)28(31)34-3)26(29)15-7-5-4-6-8-15/h9-13,15,30H,4-8,14H2,1-3H3. The number of benzene rings is 3. The summed E-state index contributed by atoms with van der Waals surface area (Å²) in [7, 11) is 4.32. The van der Waals surface area contributed by atoms with Crippen LogP contribution in [0.3, 0.4) is 0 Å². The van der Waals surface area contributed by atoms with E-state index in [1.165, 1.54) is 21.3 Å². The Kier molecular flexibility index (Phi) is 6.35. The average Bonchev–Trinajstić information content (AvgIpc) is 3.39. The molecule has 8 heteroatoms. The van der Waals surface area contributed by atoms with E-state index >= 15 is 0 Å². The molecule has 1 heterocycles. The predicted molar refractivity (Wildman–Crippen MR) is 133 cm³/mol. The monoisotopic (exact) mass is 492 g/mol. The molecule has 1 aliphatic heterocycles. The van der Waals surface area contributed by atoms with E-state index in [2.05, 4.69) is 0 Å². The van der Waals surface area contributed by atoms with Crippen molar-refractivity contribution in [2.75, 3.05) is 28.1 Å². The lowest BCUT2D eigenvalue weighted by molar-refractivity contribution is 0.0595. The maximum atomic E-state index is 13.9. The normalized spacial score (nSPS) is 15.1. The first-order valence-electron chi connectivity index (χ1n) is 12.0. The van der Waals surface area contributed by atoms with Crippen LogP contribution in [0.5, 0.6) is 28.7 Å². The van der Waals surface area contributed by atoms with Crippen molar-refractivity contribution in [3.63, 3.8) is 0 Å². The predicted octanol–water partition coefficient (Wildman–Crippen LogP) is 5.51. The fourth-order valence-electron chi connectivity index (χ4n) is 5.26. The van der Waals surface area contributed by atoms with Crippen molar-refractivity contribution < 1.29 is 38.4 Å². The van der Waals surface area contributed by atoms with Gasteiger partial charge in [-0.2, -0.15) is 0 Å². The second kappa shape index (κ2) is 9.60. The Labute approximate surface area is 208 Å². The summed E-state index contributed by atoms with van der Waals surface area (Å²) in [6.07, 6.45) is 4.35. The maximum absolute atomic E-state index is 13.9.